The summed E-state index contributed by atoms with van der Waals surface area (Å²) in [6, 6.07) is 0. The fraction of sp³-hybridized carbons (Fsp3) is 0.667. The zero-order valence-electron chi connectivity index (χ0n) is 11.8. The fourth-order valence-corrected chi connectivity index (χ4v) is 3.29. The molecule has 0 aromatic heterocycles. The molecule has 122 valence electrons. The van der Waals surface area contributed by atoms with E-state index < -0.39 is 31.8 Å². The minimum absolute atomic E-state index is 0.0229. The van der Waals surface area contributed by atoms with Crippen LogP contribution >= 0.6 is 7.92 Å². The van der Waals surface area contributed by atoms with Gasteiger partial charge in [0.15, 0.2) is 0 Å². The maximum atomic E-state index is 10.4. The molecule has 0 radical (unpaired) electrons. The van der Waals surface area contributed by atoms with Crippen molar-refractivity contribution in [1.29, 1.82) is 0 Å². The molecule has 0 aliphatic heterocycles. The highest BCUT2D eigenvalue weighted by molar-refractivity contribution is 7.57. The van der Waals surface area contributed by atoms with Crippen LogP contribution in [0.5, 0.6) is 0 Å². The van der Waals surface area contributed by atoms with Gasteiger partial charge >= 0.3 is 23.9 Å². The van der Waals surface area contributed by atoms with E-state index in [4.69, 9.17) is 20.4 Å². The first-order valence-corrected chi connectivity index (χ1v) is 8.18. The van der Waals surface area contributed by atoms with E-state index in [-0.39, 0.29) is 25.7 Å². The van der Waals surface area contributed by atoms with Crippen LogP contribution in [0.15, 0.2) is 0 Å². The molecule has 0 heterocycles. The van der Waals surface area contributed by atoms with Crippen molar-refractivity contribution in [3.05, 3.63) is 0 Å². The van der Waals surface area contributed by atoms with Gasteiger partial charge in [0.25, 0.3) is 0 Å². The Morgan fingerprint density at radius 1 is 0.667 bits per heavy atom. The summed E-state index contributed by atoms with van der Waals surface area (Å²) in [5, 5.41) is 33.2. The second kappa shape index (κ2) is 13.3. The summed E-state index contributed by atoms with van der Waals surface area (Å²) in [7, 11) is -0.801. The van der Waals surface area contributed by atoms with Crippen LogP contribution in [0.2, 0.25) is 0 Å². The van der Waals surface area contributed by atoms with Crippen molar-refractivity contribution in [1.82, 2.24) is 0 Å². The molecule has 0 unspecified atom stereocenters. The van der Waals surface area contributed by atoms with E-state index in [0.717, 1.165) is 0 Å². The van der Waals surface area contributed by atoms with Crippen molar-refractivity contribution in [3.63, 3.8) is 0 Å². The van der Waals surface area contributed by atoms with Gasteiger partial charge in [0.2, 0.25) is 0 Å². The minimum Gasteiger partial charge on any atom is -0.481 e. The molecule has 0 atom stereocenters. The molecular formula is C12H21O8P. The van der Waals surface area contributed by atoms with Crippen LogP contribution in [0.1, 0.15) is 32.6 Å². The second-order valence-electron chi connectivity index (χ2n) is 4.02. The van der Waals surface area contributed by atoms with Crippen molar-refractivity contribution < 1.29 is 39.6 Å². The highest BCUT2D eigenvalue weighted by atomic mass is 31.1. The van der Waals surface area contributed by atoms with Crippen LogP contribution in [0.3, 0.4) is 0 Å². The molecule has 9 heteroatoms. The van der Waals surface area contributed by atoms with E-state index in [2.05, 4.69) is 0 Å². The average Bonchev–Trinajstić information content (AvgIpc) is 2.37. The van der Waals surface area contributed by atoms with Gasteiger partial charge in [0, 0.05) is 25.7 Å². The lowest BCUT2D eigenvalue weighted by molar-refractivity contribution is -0.137. The van der Waals surface area contributed by atoms with E-state index in [9.17, 15) is 19.2 Å². The zero-order valence-corrected chi connectivity index (χ0v) is 12.7. The van der Waals surface area contributed by atoms with Gasteiger partial charge in [-0.05, 0) is 18.5 Å². The van der Waals surface area contributed by atoms with E-state index in [0.29, 0.717) is 18.5 Å². The smallest absolute Gasteiger partial charge is 0.303 e. The molecule has 0 bridgehead atoms. The molecule has 0 rings (SSSR count). The van der Waals surface area contributed by atoms with Gasteiger partial charge in [-0.25, -0.2) is 0 Å². The van der Waals surface area contributed by atoms with Gasteiger partial charge in [0.1, 0.15) is 0 Å². The zero-order chi connectivity index (χ0) is 16.8. The number of hydrogen-bond donors (Lipinski definition) is 4. The topological polar surface area (TPSA) is 149 Å². The first-order chi connectivity index (χ1) is 9.68. The fourth-order valence-electron chi connectivity index (χ4n) is 1.10. The Hall–Kier alpha value is -1.69. The summed E-state index contributed by atoms with van der Waals surface area (Å²) in [6.07, 6.45) is 1.34. The van der Waals surface area contributed by atoms with E-state index in [1.165, 1.54) is 0 Å². The third kappa shape index (κ3) is 20.8. The van der Waals surface area contributed by atoms with Crippen molar-refractivity contribution in [2.75, 3.05) is 18.5 Å². The minimum atomic E-state index is -0.932. The molecule has 0 amide bonds. The Labute approximate surface area is 123 Å². The molecule has 4 N–H and O–H groups in total. The van der Waals surface area contributed by atoms with Crippen LogP contribution in [-0.4, -0.2) is 62.8 Å². The number of carboxylic acids is 4. The summed E-state index contributed by atoms with van der Waals surface area (Å²) in [5.41, 5.74) is 0. The standard InChI is InChI=1S/C9H15O6P.C3H6O2/c10-7(11)1-4-16(5-2-8(12)13)6-3-9(14)15;1-2-3(4)5/h1-6H2,(H,10,11)(H,12,13)(H,14,15);2H2,1H3,(H,4,5). The molecule has 0 aliphatic rings. The first kappa shape index (κ1) is 21.6. The third-order valence-corrected chi connectivity index (χ3v) is 4.80. The third-order valence-electron chi connectivity index (χ3n) is 2.23. The molecule has 21 heavy (non-hydrogen) atoms. The highest BCUT2D eigenvalue weighted by Gasteiger charge is 2.13. The maximum Gasteiger partial charge on any atom is 0.303 e. The molecule has 0 saturated heterocycles. The number of hydrogen-bond acceptors (Lipinski definition) is 4. The van der Waals surface area contributed by atoms with Crippen molar-refractivity contribution in [3.8, 4) is 0 Å². The van der Waals surface area contributed by atoms with Gasteiger partial charge in [-0.2, -0.15) is 0 Å². The Balaban J connectivity index is 0. The molecule has 8 nitrogen and oxygen atoms in total. The van der Waals surface area contributed by atoms with Crippen molar-refractivity contribution >= 4 is 31.8 Å². The monoisotopic (exact) mass is 324 g/mol. The Morgan fingerprint density at radius 3 is 1.05 bits per heavy atom. The van der Waals surface area contributed by atoms with Gasteiger partial charge in [-0.1, -0.05) is 6.92 Å². The van der Waals surface area contributed by atoms with E-state index >= 15 is 0 Å². The second-order valence-corrected chi connectivity index (χ2v) is 6.70. The maximum absolute atomic E-state index is 10.4. The Kier molecular flexibility index (Phi) is 13.7. The van der Waals surface area contributed by atoms with Crippen molar-refractivity contribution in [2.24, 2.45) is 0 Å². The lowest BCUT2D eigenvalue weighted by Gasteiger charge is -2.14. The largest absolute Gasteiger partial charge is 0.481 e. The molecular weight excluding hydrogens is 303 g/mol. The quantitative estimate of drug-likeness (QED) is 0.440. The Bertz CT molecular complexity index is 312. The number of carbonyl (C=O) groups is 4. The summed E-state index contributed by atoms with van der Waals surface area (Å²) in [5.74, 6) is -3.54. The van der Waals surface area contributed by atoms with Crippen LogP contribution in [-0.2, 0) is 19.2 Å². The molecule has 0 aromatic carbocycles. The summed E-state index contributed by atoms with van der Waals surface area (Å²) in [6.45, 7) is 1.60. The molecule has 0 aromatic rings. The normalized spacial score (nSPS) is 9.62. The predicted octanol–water partition coefficient (Wildman–Crippen LogP) is 1.37. The molecule has 0 saturated carbocycles. The van der Waals surface area contributed by atoms with Gasteiger partial charge in [-0.3, -0.25) is 19.2 Å². The number of rotatable bonds is 10. The van der Waals surface area contributed by atoms with Crippen LogP contribution < -0.4 is 0 Å². The van der Waals surface area contributed by atoms with Gasteiger partial charge < -0.3 is 20.4 Å². The van der Waals surface area contributed by atoms with Crippen LogP contribution in [0.25, 0.3) is 0 Å². The highest BCUT2D eigenvalue weighted by Crippen LogP contribution is 2.37. The number of carboxylic acid groups (broad SMARTS) is 4. The van der Waals surface area contributed by atoms with E-state index in [1.807, 2.05) is 0 Å². The van der Waals surface area contributed by atoms with Gasteiger partial charge in [0.05, 0.1) is 0 Å². The SMILES string of the molecule is CCC(=O)O.O=C(O)CCP(CCC(=O)O)CCC(=O)O. The van der Waals surface area contributed by atoms with Crippen molar-refractivity contribution in [2.45, 2.75) is 32.6 Å². The first-order valence-electron chi connectivity index (χ1n) is 6.28. The van der Waals surface area contributed by atoms with E-state index in [1.54, 1.807) is 6.92 Å². The Morgan fingerprint density at radius 2 is 0.905 bits per heavy atom. The predicted molar refractivity (Wildman–Crippen MR) is 76.2 cm³/mol. The van der Waals surface area contributed by atoms with Gasteiger partial charge in [-0.15, -0.1) is 7.92 Å². The molecule has 0 spiro atoms. The number of aliphatic carboxylic acids is 4. The lowest BCUT2D eigenvalue weighted by Crippen LogP contribution is -2.07. The molecule has 0 fully saturated rings. The summed E-state index contributed by atoms with van der Waals surface area (Å²) in [4.78, 5) is 40.4. The summed E-state index contributed by atoms with van der Waals surface area (Å²) >= 11 is 0. The van der Waals surface area contributed by atoms with Crippen LogP contribution in [0, 0.1) is 0 Å². The van der Waals surface area contributed by atoms with Crippen LogP contribution in [0.4, 0.5) is 0 Å². The lowest BCUT2D eigenvalue weighted by atomic mass is 10.5. The molecule has 0 aliphatic carbocycles. The summed E-state index contributed by atoms with van der Waals surface area (Å²) < 4.78 is 0. The average molecular weight is 324 g/mol.